The molecule has 2 rings (SSSR count). The third kappa shape index (κ3) is 3.73. The van der Waals surface area contributed by atoms with Crippen molar-refractivity contribution < 1.29 is 4.74 Å². The van der Waals surface area contributed by atoms with Crippen LogP contribution in [0.5, 0.6) is 5.75 Å². The summed E-state index contributed by atoms with van der Waals surface area (Å²) in [6.45, 7) is 5.04. The van der Waals surface area contributed by atoms with Crippen LogP contribution in [0.4, 0.5) is 5.13 Å². The van der Waals surface area contributed by atoms with Gasteiger partial charge in [-0.1, -0.05) is 43.2 Å². The number of aromatic nitrogens is 1. The van der Waals surface area contributed by atoms with Crippen LogP contribution in [0.15, 0.2) is 24.3 Å². The zero-order valence-electron chi connectivity index (χ0n) is 12.4. The highest BCUT2D eigenvalue weighted by molar-refractivity contribution is 7.19. The summed E-state index contributed by atoms with van der Waals surface area (Å²) < 4.78 is 5.81. The molecule has 1 N–H and O–H groups in total. The maximum Gasteiger partial charge on any atom is 0.183 e. The molecule has 0 aliphatic carbocycles. The van der Waals surface area contributed by atoms with E-state index in [2.05, 4.69) is 29.4 Å². The van der Waals surface area contributed by atoms with Crippen LogP contribution in [0.1, 0.15) is 31.9 Å². The van der Waals surface area contributed by atoms with E-state index in [1.807, 2.05) is 26.1 Å². The average Bonchev–Trinajstić information content (AvgIpc) is 2.85. The van der Waals surface area contributed by atoms with Crippen LogP contribution in [0.2, 0.25) is 0 Å². The molecular formula is C16H22N2OS. The number of hydrogen-bond donors (Lipinski definition) is 1. The largest absolute Gasteiger partial charge is 0.494 e. The van der Waals surface area contributed by atoms with Gasteiger partial charge in [-0.05, 0) is 31.0 Å². The van der Waals surface area contributed by atoms with Crippen LogP contribution in [0, 0.1) is 6.92 Å². The molecule has 0 amide bonds. The molecule has 3 nitrogen and oxygen atoms in total. The summed E-state index contributed by atoms with van der Waals surface area (Å²) in [5, 5.41) is 4.05. The predicted octanol–water partition coefficient (Wildman–Crippen LogP) is 4.73. The van der Waals surface area contributed by atoms with Crippen LogP contribution >= 0.6 is 11.3 Å². The second-order valence-corrected chi connectivity index (χ2v) is 5.77. The van der Waals surface area contributed by atoms with Gasteiger partial charge in [0.15, 0.2) is 5.13 Å². The molecule has 1 aromatic heterocycles. The molecule has 0 spiro atoms. The Morgan fingerprint density at radius 1 is 1.30 bits per heavy atom. The Balaban J connectivity index is 2.10. The van der Waals surface area contributed by atoms with Crippen molar-refractivity contribution in [3.8, 4) is 16.2 Å². The first kappa shape index (κ1) is 14.9. The number of hydrogen-bond acceptors (Lipinski definition) is 4. The molecule has 0 radical (unpaired) electrons. The van der Waals surface area contributed by atoms with Crippen molar-refractivity contribution in [1.82, 2.24) is 4.98 Å². The van der Waals surface area contributed by atoms with E-state index >= 15 is 0 Å². The molecule has 0 unspecified atom stereocenters. The fourth-order valence-electron chi connectivity index (χ4n) is 2.04. The topological polar surface area (TPSA) is 34.1 Å². The lowest BCUT2D eigenvalue weighted by Gasteiger charge is -2.07. The first-order valence-corrected chi connectivity index (χ1v) is 7.94. The molecule has 1 aromatic carbocycles. The number of nitrogens with one attached hydrogen (secondary N) is 1. The van der Waals surface area contributed by atoms with Crippen molar-refractivity contribution in [1.29, 1.82) is 0 Å². The van der Waals surface area contributed by atoms with E-state index < -0.39 is 0 Å². The summed E-state index contributed by atoms with van der Waals surface area (Å²) in [6, 6.07) is 8.28. The van der Waals surface area contributed by atoms with E-state index in [0.29, 0.717) is 0 Å². The molecule has 2 aromatic rings. The van der Waals surface area contributed by atoms with Gasteiger partial charge in [0.25, 0.3) is 0 Å². The van der Waals surface area contributed by atoms with E-state index in [-0.39, 0.29) is 0 Å². The monoisotopic (exact) mass is 290 g/mol. The average molecular weight is 290 g/mol. The lowest BCUT2D eigenvalue weighted by atomic mass is 10.1. The number of rotatable bonds is 7. The summed E-state index contributed by atoms with van der Waals surface area (Å²) in [6.07, 6.45) is 3.56. The van der Waals surface area contributed by atoms with Crippen molar-refractivity contribution in [3.05, 3.63) is 30.0 Å². The second kappa shape index (κ2) is 7.29. The van der Waals surface area contributed by atoms with Crippen molar-refractivity contribution in [2.24, 2.45) is 0 Å². The molecule has 0 fully saturated rings. The Morgan fingerprint density at radius 2 is 2.15 bits per heavy atom. The standard InChI is InChI=1S/C16H22N2OS/c1-4-5-6-10-19-14-9-7-8-13(11-14)15-12(2)18-16(17-3)20-15/h7-9,11H,4-6,10H2,1-3H3,(H,17,18). The number of thiazole rings is 1. The highest BCUT2D eigenvalue weighted by Gasteiger charge is 2.09. The minimum atomic E-state index is 0.792. The van der Waals surface area contributed by atoms with Gasteiger partial charge in [-0.3, -0.25) is 0 Å². The van der Waals surface area contributed by atoms with Gasteiger partial charge in [0.1, 0.15) is 5.75 Å². The Labute approximate surface area is 125 Å². The summed E-state index contributed by atoms with van der Waals surface area (Å²) >= 11 is 1.68. The van der Waals surface area contributed by atoms with Crippen LogP contribution in [0.3, 0.4) is 0 Å². The maximum atomic E-state index is 5.81. The van der Waals surface area contributed by atoms with Gasteiger partial charge in [-0.15, -0.1) is 0 Å². The molecule has 108 valence electrons. The first-order valence-electron chi connectivity index (χ1n) is 7.13. The van der Waals surface area contributed by atoms with E-state index in [1.165, 1.54) is 23.3 Å². The molecule has 20 heavy (non-hydrogen) atoms. The van der Waals surface area contributed by atoms with E-state index in [0.717, 1.165) is 29.6 Å². The van der Waals surface area contributed by atoms with Gasteiger partial charge in [-0.25, -0.2) is 4.98 Å². The molecule has 0 aliphatic heterocycles. The Kier molecular flexibility index (Phi) is 5.41. The molecule has 0 saturated heterocycles. The van der Waals surface area contributed by atoms with Gasteiger partial charge in [0.05, 0.1) is 17.2 Å². The Morgan fingerprint density at radius 3 is 2.85 bits per heavy atom. The molecule has 0 aliphatic rings. The first-order chi connectivity index (χ1) is 9.74. The van der Waals surface area contributed by atoms with E-state index in [9.17, 15) is 0 Å². The van der Waals surface area contributed by atoms with Gasteiger partial charge >= 0.3 is 0 Å². The summed E-state index contributed by atoms with van der Waals surface area (Å²) in [5.74, 6) is 0.942. The number of ether oxygens (including phenoxy) is 1. The normalized spacial score (nSPS) is 10.6. The quantitative estimate of drug-likeness (QED) is 0.749. The SMILES string of the molecule is CCCCCOc1cccc(-c2sc(NC)nc2C)c1. The number of unbranched alkanes of at least 4 members (excludes halogenated alkanes) is 2. The fourth-order valence-corrected chi connectivity index (χ4v) is 2.96. The van der Waals surface area contributed by atoms with E-state index in [4.69, 9.17) is 4.74 Å². The fraction of sp³-hybridized carbons (Fsp3) is 0.438. The minimum absolute atomic E-state index is 0.792. The lowest BCUT2D eigenvalue weighted by Crippen LogP contribution is -1.96. The lowest BCUT2D eigenvalue weighted by molar-refractivity contribution is 0.306. The van der Waals surface area contributed by atoms with Gasteiger partial charge in [0.2, 0.25) is 0 Å². The Hall–Kier alpha value is -1.55. The number of nitrogens with zero attached hydrogens (tertiary/aromatic N) is 1. The highest BCUT2D eigenvalue weighted by atomic mass is 32.1. The van der Waals surface area contributed by atoms with Gasteiger partial charge in [-0.2, -0.15) is 0 Å². The summed E-state index contributed by atoms with van der Waals surface area (Å²) in [5.41, 5.74) is 2.23. The third-order valence-corrected chi connectivity index (χ3v) is 4.35. The predicted molar refractivity (Wildman–Crippen MR) is 86.9 cm³/mol. The van der Waals surface area contributed by atoms with Crippen LogP contribution in [0.25, 0.3) is 10.4 Å². The van der Waals surface area contributed by atoms with Gasteiger partial charge in [0, 0.05) is 7.05 Å². The van der Waals surface area contributed by atoms with Crippen molar-refractivity contribution in [3.63, 3.8) is 0 Å². The van der Waals surface area contributed by atoms with Crippen molar-refractivity contribution in [2.45, 2.75) is 33.1 Å². The number of anilines is 1. The smallest absolute Gasteiger partial charge is 0.183 e. The summed E-state index contributed by atoms with van der Waals surface area (Å²) in [4.78, 5) is 5.69. The molecular weight excluding hydrogens is 268 g/mol. The van der Waals surface area contributed by atoms with Crippen LogP contribution in [-0.2, 0) is 0 Å². The minimum Gasteiger partial charge on any atom is -0.494 e. The zero-order valence-corrected chi connectivity index (χ0v) is 13.2. The molecule has 0 saturated carbocycles. The number of aryl methyl sites for hydroxylation is 1. The Bertz CT molecular complexity index is 551. The third-order valence-electron chi connectivity index (χ3n) is 3.12. The molecule has 4 heteroatoms. The van der Waals surface area contributed by atoms with Gasteiger partial charge < -0.3 is 10.1 Å². The maximum absolute atomic E-state index is 5.81. The molecule has 1 heterocycles. The molecule has 0 atom stereocenters. The summed E-state index contributed by atoms with van der Waals surface area (Å²) in [7, 11) is 1.90. The zero-order chi connectivity index (χ0) is 14.4. The van der Waals surface area contributed by atoms with E-state index in [1.54, 1.807) is 11.3 Å². The van der Waals surface area contributed by atoms with Crippen molar-refractivity contribution >= 4 is 16.5 Å². The second-order valence-electron chi connectivity index (χ2n) is 4.77. The molecule has 0 bridgehead atoms. The van der Waals surface area contributed by atoms with Crippen LogP contribution < -0.4 is 10.1 Å². The number of benzene rings is 1. The van der Waals surface area contributed by atoms with Crippen LogP contribution in [-0.4, -0.2) is 18.6 Å². The van der Waals surface area contributed by atoms with Crippen molar-refractivity contribution in [2.75, 3.05) is 19.0 Å². The highest BCUT2D eigenvalue weighted by Crippen LogP contribution is 2.34.